The van der Waals surface area contributed by atoms with Gasteiger partial charge in [-0.25, -0.2) is 4.39 Å². The zero-order valence-corrected chi connectivity index (χ0v) is 13.2. The molecule has 0 fully saturated rings. The number of anilines is 2. The first-order valence-electron chi connectivity index (χ1n) is 5.67. The molecular weight excluding hydrogens is 378 g/mol. The molecule has 0 saturated carbocycles. The molecule has 0 heterocycles. The number of nitrogens with zero attached hydrogens (tertiary/aromatic N) is 1. The third-order valence-corrected chi connectivity index (χ3v) is 3.85. The Balaban J connectivity index is 2.25. The minimum Gasteiger partial charge on any atom is -0.397 e. The standard InChI is InChI=1S/C14H13ClFIN2/c1-19(8-9-3-2-4-10(15)5-9)14-6-11(16)12(17)7-13(14)18/h2-7H,8,18H2,1H3. The maximum absolute atomic E-state index is 13.6. The minimum absolute atomic E-state index is 0.261. The highest BCUT2D eigenvalue weighted by Crippen LogP contribution is 2.28. The van der Waals surface area contributed by atoms with Crippen molar-refractivity contribution in [1.29, 1.82) is 0 Å². The van der Waals surface area contributed by atoms with Gasteiger partial charge in [0.1, 0.15) is 5.82 Å². The first-order chi connectivity index (χ1) is 8.97. The molecule has 0 saturated heterocycles. The van der Waals surface area contributed by atoms with Crippen molar-refractivity contribution in [2.45, 2.75) is 6.54 Å². The number of halogens is 3. The van der Waals surface area contributed by atoms with Gasteiger partial charge in [0.2, 0.25) is 0 Å². The second kappa shape index (κ2) is 5.96. The molecule has 0 radical (unpaired) electrons. The van der Waals surface area contributed by atoms with E-state index in [0.717, 1.165) is 5.56 Å². The van der Waals surface area contributed by atoms with Crippen LogP contribution in [0.15, 0.2) is 36.4 Å². The third kappa shape index (κ3) is 3.51. The molecule has 0 atom stereocenters. The average molecular weight is 391 g/mol. The lowest BCUT2D eigenvalue weighted by Crippen LogP contribution is -2.18. The molecule has 100 valence electrons. The fourth-order valence-corrected chi connectivity index (χ4v) is 2.58. The zero-order valence-electron chi connectivity index (χ0n) is 10.3. The summed E-state index contributed by atoms with van der Waals surface area (Å²) in [5.74, 6) is -0.261. The molecule has 0 aromatic heterocycles. The number of nitrogen functional groups attached to an aromatic ring is 1. The molecule has 0 unspecified atom stereocenters. The highest BCUT2D eigenvalue weighted by molar-refractivity contribution is 14.1. The summed E-state index contributed by atoms with van der Waals surface area (Å²) in [5, 5.41) is 0.688. The van der Waals surface area contributed by atoms with E-state index in [1.165, 1.54) is 6.07 Å². The largest absolute Gasteiger partial charge is 0.397 e. The normalized spacial score (nSPS) is 10.5. The molecule has 5 heteroatoms. The van der Waals surface area contributed by atoms with Gasteiger partial charge in [0.25, 0.3) is 0 Å². The fourth-order valence-electron chi connectivity index (χ4n) is 1.88. The second-order valence-corrected chi connectivity index (χ2v) is 5.91. The van der Waals surface area contributed by atoms with Gasteiger partial charge in [-0.1, -0.05) is 23.7 Å². The van der Waals surface area contributed by atoms with Crippen LogP contribution in [0.5, 0.6) is 0 Å². The number of hydrogen-bond donors (Lipinski definition) is 1. The predicted molar refractivity (Wildman–Crippen MR) is 87.1 cm³/mol. The van der Waals surface area contributed by atoms with Gasteiger partial charge in [-0.15, -0.1) is 0 Å². The minimum atomic E-state index is -0.261. The summed E-state index contributed by atoms with van der Waals surface area (Å²) >= 11 is 7.87. The number of hydrogen-bond acceptors (Lipinski definition) is 2. The Morgan fingerprint density at radius 1 is 1.32 bits per heavy atom. The van der Waals surface area contributed by atoms with Crippen molar-refractivity contribution >= 4 is 45.6 Å². The Morgan fingerprint density at radius 2 is 2.05 bits per heavy atom. The van der Waals surface area contributed by atoms with Crippen LogP contribution in [0.25, 0.3) is 0 Å². The van der Waals surface area contributed by atoms with Crippen molar-refractivity contribution in [3.05, 3.63) is 56.4 Å². The molecule has 19 heavy (non-hydrogen) atoms. The van der Waals surface area contributed by atoms with Gasteiger partial charge in [0.15, 0.2) is 0 Å². The lowest BCUT2D eigenvalue weighted by atomic mass is 10.2. The Hall–Kier alpha value is -1.01. The van der Waals surface area contributed by atoms with Crippen LogP contribution in [0.2, 0.25) is 5.02 Å². The summed E-state index contributed by atoms with van der Waals surface area (Å²) in [4.78, 5) is 1.90. The first kappa shape index (κ1) is 14.4. The smallest absolute Gasteiger partial charge is 0.138 e. The van der Waals surface area contributed by atoms with Gasteiger partial charge in [-0.3, -0.25) is 0 Å². The molecule has 0 aliphatic carbocycles. The molecule has 2 rings (SSSR count). The Kier molecular flexibility index (Phi) is 4.52. The number of rotatable bonds is 3. The maximum atomic E-state index is 13.6. The van der Waals surface area contributed by atoms with Crippen LogP contribution in [-0.2, 0) is 6.54 Å². The van der Waals surface area contributed by atoms with Crippen molar-refractivity contribution in [3.8, 4) is 0 Å². The van der Waals surface area contributed by atoms with Crippen molar-refractivity contribution in [3.63, 3.8) is 0 Å². The van der Waals surface area contributed by atoms with Crippen LogP contribution in [0.3, 0.4) is 0 Å². The van der Waals surface area contributed by atoms with Crippen LogP contribution >= 0.6 is 34.2 Å². The maximum Gasteiger partial charge on any atom is 0.138 e. The topological polar surface area (TPSA) is 29.3 Å². The highest BCUT2D eigenvalue weighted by atomic mass is 127. The van der Waals surface area contributed by atoms with E-state index in [1.807, 2.05) is 58.8 Å². The number of benzene rings is 2. The van der Waals surface area contributed by atoms with Crippen LogP contribution < -0.4 is 10.6 Å². The lowest BCUT2D eigenvalue weighted by Gasteiger charge is -2.21. The van der Waals surface area contributed by atoms with Gasteiger partial charge >= 0.3 is 0 Å². The van der Waals surface area contributed by atoms with E-state index in [-0.39, 0.29) is 5.82 Å². The van der Waals surface area contributed by atoms with E-state index >= 15 is 0 Å². The summed E-state index contributed by atoms with van der Waals surface area (Å²) in [5.41, 5.74) is 8.23. The van der Waals surface area contributed by atoms with Gasteiger partial charge in [0.05, 0.1) is 14.9 Å². The molecule has 0 spiro atoms. The van der Waals surface area contributed by atoms with E-state index in [0.29, 0.717) is 26.5 Å². The zero-order chi connectivity index (χ0) is 14.0. The molecule has 2 aromatic rings. The van der Waals surface area contributed by atoms with Crippen molar-refractivity contribution in [2.75, 3.05) is 17.7 Å². The van der Waals surface area contributed by atoms with Crippen molar-refractivity contribution in [2.24, 2.45) is 0 Å². The first-order valence-corrected chi connectivity index (χ1v) is 7.13. The van der Waals surface area contributed by atoms with E-state index in [4.69, 9.17) is 17.3 Å². The van der Waals surface area contributed by atoms with Crippen LogP contribution in [0.4, 0.5) is 15.8 Å². The highest BCUT2D eigenvalue weighted by Gasteiger charge is 2.10. The van der Waals surface area contributed by atoms with Crippen molar-refractivity contribution in [1.82, 2.24) is 0 Å². The Bertz CT molecular complexity index is 604. The Labute approximate surface area is 130 Å². The molecule has 0 amide bonds. The molecular formula is C14H13ClFIN2. The summed E-state index contributed by atoms with van der Waals surface area (Å²) in [7, 11) is 1.87. The second-order valence-electron chi connectivity index (χ2n) is 4.31. The quantitative estimate of drug-likeness (QED) is 0.625. The SMILES string of the molecule is CN(Cc1cccc(Cl)c1)c1cc(F)c(I)cc1N. The van der Waals surface area contributed by atoms with E-state index in [1.54, 1.807) is 6.07 Å². The van der Waals surface area contributed by atoms with Crippen LogP contribution in [-0.4, -0.2) is 7.05 Å². The monoisotopic (exact) mass is 390 g/mol. The summed E-state index contributed by atoms with van der Waals surface area (Å²) < 4.78 is 14.1. The summed E-state index contributed by atoms with van der Waals surface area (Å²) in [6, 6.07) is 10.7. The van der Waals surface area contributed by atoms with E-state index < -0.39 is 0 Å². The molecule has 2 aromatic carbocycles. The predicted octanol–water partition coefficient (Wildman–Crippen LogP) is 4.30. The van der Waals surface area contributed by atoms with E-state index in [9.17, 15) is 4.39 Å². The fraction of sp³-hybridized carbons (Fsp3) is 0.143. The molecule has 0 bridgehead atoms. The van der Waals surface area contributed by atoms with Gasteiger partial charge in [-0.05, 0) is 46.4 Å². The summed E-state index contributed by atoms with van der Waals surface area (Å²) in [6.07, 6.45) is 0. The van der Waals surface area contributed by atoms with E-state index in [2.05, 4.69) is 0 Å². The van der Waals surface area contributed by atoms with Crippen LogP contribution in [0.1, 0.15) is 5.56 Å². The van der Waals surface area contributed by atoms with Gasteiger partial charge in [0, 0.05) is 24.7 Å². The average Bonchev–Trinajstić information content (AvgIpc) is 2.33. The van der Waals surface area contributed by atoms with Gasteiger partial charge < -0.3 is 10.6 Å². The molecule has 0 aliphatic rings. The van der Waals surface area contributed by atoms with Crippen molar-refractivity contribution < 1.29 is 4.39 Å². The molecule has 2 nitrogen and oxygen atoms in total. The molecule has 2 N–H and O–H groups in total. The van der Waals surface area contributed by atoms with Gasteiger partial charge in [-0.2, -0.15) is 0 Å². The summed E-state index contributed by atoms with van der Waals surface area (Å²) in [6.45, 7) is 0.616. The van der Waals surface area contributed by atoms with Crippen LogP contribution in [0, 0.1) is 9.39 Å². The molecule has 0 aliphatic heterocycles. The Morgan fingerprint density at radius 3 is 2.74 bits per heavy atom. The lowest BCUT2D eigenvalue weighted by molar-refractivity contribution is 0.620. The number of nitrogens with two attached hydrogens (primary N) is 1. The third-order valence-electron chi connectivity index (χ3n) is 2.79.